The number of piperidine rings is 1. The molecule has 1 saturated heterocycles. The molecule has 0 spiro atoms. The number of benzene rings is 2. The number of hydrogen-bond donors (Lipinski definition) is 1. The Labute approximate surface area is 195 Å². The number of aryl methyl sites for hydroxylation is 1. The Kier molecular flexibility index (Phi) is 7.16. The quantitative estimate of drug-likeness (QED) is 0.424. The topological polar surface area (TPSA) is 72.3 Å². The first-order valence-electron chi connectivity index (χ1n) is 11.6. The molecule has 0 amide bonds. The zero-order valence-electron chi connectivity index (χ0n) is 19.1. The van der Waals surface area contributed by atoms with E-state index in [2.05, 4.69) is 17.0 Å². The van der Waals surface area contributed by atoms with E-state index in [1.807, 2.05) is 42.5 Å². The Balaban J connectivity index is 1.44. The van der Waals surface area contributed by atoms with Gasteiger partial charge in [0, 0.05) is 24.7 Å². The molecule has 2 heterocycles. The molecular formula is C27H32N3O3+. The minimum absolute atomic E-state index is 0.228. The van der Waals surface area contributed by atoms with Gasteiger partial charge in [-0.25, -0.2) is 14.8 Å². The number of nitrogens with zero attached hydrogens (tertiary/aromatic N) is 3. The molecule has 1 aliphatic heterocycles. The second-order valence-corrected chi connectivity index (χ2v) is 9.17. The van der Waals surface area contributed by atoms with E-state index >= 15 is 0 Å². The van der Waals surface area contributed by atoms with Gasteiger partial charge in [0.1, 0.15) is 12.9 Å². The molecule has 0 aliphatic carbocycles. The minimum Gasteiger partial charge on any atom is -0.454 e. The highest BCUT2D eigenvalue weighted by Gasteiger charge is 2.44. The maximum atomic E-state index is 13.5. The van der Waals surface area contributed by atoms with Crippen molar-refractivity contribution >= 4 is 5.97 Å². The Bertz CT molecular complexity index is 991. The van der Waals surface area contributed by atoms with Crippen LogP contribution in [0.5, 0.6) is 0 Å². The molecule has 0 saturated carbocycles. The SMILES string of the molecule is C[N+]1(CCCc2ccncn2)CCCC(OC(=O)C(O)(c2ccccc2)c2ccccc2)C1. The van der Waals surface area contributed by atoms with Crippen molar-refractivity contribution in [2.24, 2.45) is 0 Å². The van der Waals surface area contributed by atoms with Gasteiger partial charge in [0.2, 0.25) is 5.60 Å². The third-order valence-corrected chi connectivity index (χ3v) is 6.59. The normalized spacial score (nSPS) is 20.8. The molecule has 1 aromatic heterocycles. The zero-order chi connectivity index (χ0) is 23.2. The van der Waals surface area contributed by atoms with E-state index < -0.39 is 11.6 Å². The van der Waals surface area contributed by atoms with Crippen LogP contribution in [0.2, 0.25) is 0 Å². The molecule has 1 N–H and O–H groups in total. The first kappa shape index (κ1) is 23.1. The standard InChI is InChI=1S/C27H32N3O3/c1-30(18-8-14-24-16-17-28-21-29-24)19-9-15-25(20-30)33-26(31)27(32,22-10-4-2-5-11-22)23-12-6-3-7-13-23/h2-7,10-13,16-17,21,25,32H,8-9,14-15,18-20H2,1H3/q+1. The van der Waals surface area contributed by atoms with E-state index in [4.69, 9.17) is 4.74 Å². The van der Waals surface area contributed by atoms with Crippen molar-refractivity contribution < 1.29 is 19.1 Å². The van der Waals surface area contributed by atoms with Crippen LogP contribution >= 0.6 is 0 Å². The van der Waals surface area contributed by atoms with Gasteiger partial charge in [-0.15, -0.1) is 0 Å². The van der Waals surface area contributed by atoms with Gasteiger partial charge in [0.05, 0.1) is 20.1 Å². The highest BCUT2D eigenvalue weighted by Crippen LogP contribution is 2.32. The number of aliphatic hydroxyl groups is 1. The van der Waals surface area contributed by atoms with Crippen molar-refractivity contribution in [3.63, 3.8) is 0 Å². The summed E-state index contributed by atoms with van der Waals surface area (Å²) >= 11 is 0. The second kappa shape index (κ2) is 10.2. The van der Waals surface area contributed by atoms with Gasteiger partial charge in [0.25, 0.3) is 0 Å². The molecule has 3 aromatic rings. The summed E-state index contributed by atoms with van der Waals surface area (Å²) in [6.45, 7) is 2.79. The average molecular weight is 447 g/mol. The van der Waals surface area contributed by atoms with Crippen LogP contribution < -0.4 is 0 Å². The monoisotopic (exact) mass is 446 g/mol. The molecule has 33 heavy (non-hydrogen) atoms. The largest absolute Gasteiger partial charge is 0.454 e. The molecule has 1 fully saturated rings. The fourth-order valence-corrected chi connectivity index (χ4v) is 4.78. The molecule has 6 heteroatoms. The van der Waals surface area contributed by atoms with Crippen LogP contribution in [0.25, 0.3) is 0 Å². The Hall–Kier alpha value is -3.09. The van der Waals surface area contributed by atoms with Crippen LogP contribution in [0.4, 0.5) is 0 Å². The number of esters is 1. The summed E-state index contributed by atoms with van der Waals surface area (Å²) in [6, 6.07) is 20.0. The predicted molar refractivity (Wildman–Crippen MR) is 126 cm³/mol. The summed E-state index contributed by atoms with van der Waals surface area (Å²) in [5, 5.41) is 11.7. The molecule has 2 aromatic carbocycles. The lowest BCUT2D eigenvalue weighted by atomic mass is 9.86. The summed E-state index contributed by atoms with van der Waals surface area (Å²) in [4.78, 5) is 21.7. The number of likely N-dealkylation sites (tertiary alicyclic amines) is 1. The van der Waals surface area contributed by atoms with Gasteiger partial charge in [0.15, 0.2) is 6.10 Å². The Morgan fingerprint density at radius 3 is 2.36 bits per heavy atom. The van der Waals surface area contributed by atoms with E-state index in [1.54, 1.807) is 36.8 Å². The van der Waals surface area contributed by atoms with Crippen molar-refractivity contribution in [1.82, 2.24) is 9.97 Å². The molecule has 6 nitrogen and oxygen atoms in total. The van der Waals surface area contributed by atoms with Crippen LogP contribution in [0.15, 0.2) is 79.3 Å². The number of ether oxygens (including phenoxy) is 1. The van der Waals surface area contributed by atoms with Crippen molar-refractivity contribution in [2.75, 3.05) is 26.7 Å². The molecular weight excluding hydrogens is 414 g/mol. The van der Waals surface area contributed by atoms with Crippen molar-refractivity contribution in [3.8, 4) is 0 Å². The fourth-order valence-electron chi connectivity index (χ4n) is 4.78. The first-order valence-corrected chi connectivity index (χ1v) is 11.6. The number of carbonyl (C=O) groups is 1. The number of hydrogen-bond acceptors (Lipinski definition) is 5. The number of likely N-dealkylation sites (N-methyl/N-ethyl adjacent to an activating group) is 1. The average Bonchev–Trinajstić information content (AvgIpc) is 2.85. The van der Waals surface area contributed by atoms with Crippen molar-refractivity contribution in [1.29, 1.82) is 0 Å². The number of quaternary nitrogens is 1. The molecule has 1 aliphatic rings. The van der Waals surface area contributed by atoms with Crippen LogP contribution in [-0.2, 0) is 21.6 Å². The highest BCUT2D eigenvalue weighted by atomic mass is 16.6. The lowest BCUT2D eigenvalue weighted by Crippen LogP contribution is -2.55. The Morgan fingerprint density at radius 2 is 1.76 bits per heavy atom. The molecule has 172 valence electrons. The van der Waals surface area contributed by atoms with Gasteiger partial charge >= 0.3 is 5.97 Å². The number of aromatic nitrogens is 2. The van der Waals surface area contributed by atoms with E-state index in [0.717, 1.165) is 55.5 Å². The second-order valence-electron chi connectivity index (χ2n) is 9.17. The third-order valence-electron chi connectivity index (χ3n) is 6.59. The van der Waals surface area contributed by atoms with E-state index in [0.29, 0.717) is 11.1 Å². The minimum atomic E-state index is -1.84. The maximum Gasteiger partial charge on any atom is 0.348 e. The van der Waals surface area contributed by atoms with Crippen LogP contribution in [-0.4, -0.2) is 58.3 Å². The van der Waals surface area contributed by atoms with Gasteiger partial charge in [-0.05, 0) is 30.0 Å². The summed E-state index contributed by atoms with van der Waals surface area (Å²) in [5.74, 6) is -0.612. The Morgan fingerprint density at radius 1 is 1.09 bits per heavy atom. The van der Waals surface area contributed by atoms with E-state index in [-0.39, 0.29) is 6.10 Å². The van der Waals surface area contributed by atoms with E-state index in [9.17, 15) is 9.90 Å². The summed E-state index contributed by atoms with van der Waals surface area (Å²) in [6.07, 6.45) is 6.84. The first-order chi connectivity index (χ1) is 16.0. The molecule has 4 rings (SSSR count). The summed E-state index contributed by atoms with van der Waals surface area (Å²) in [7, 11) is 2.22. The van der Waals surface area contributed by atoms with Crippen LogP contribution in [0, 0.1) is 0 Å². The molecule has 2 atom stereocenters. The third kappa shape index (κ3) is 5.46. The summed E-state index contributed by atoms with van der Waals surface area (Å²) in [5.41, 5.74) is 0.238. The van der Waals surface area contributed by atoms with Gasteiger partial charge in [-0.2, -0.15) is 0 Å². The number of rotatable bonds is 8. The fraction of sp³-hybridized carbons (Fsp3) is 0.370. The van der Waals surface area contributed by atoms with Gasteiger partial charge in [-0.1, -0.05) is 60.7 Å². The lowest BCUT2D eigenvalue weighted by molar-refractivity contribution is -0.917. The molecule has 0 bridgehead atoms. The lowest BCUT2D eigenvalue weighted by Gasteiger charge is -2.41. The predicted octanol–water partition coefficient (Wildman–Crippen LogP) is 3.50. The molecule has 0 radical (unpaired) electrons. The number of carbonyl (C=O) groups excluding carboxylic acids is 1. The van der Waals surface area contributed by atoms with Gasteiger partial charge < -0.3 is 14.3 Å². The molecule has 2 unspecified atom stereocenters. The zero-order valence-corrected chi connectivity index (χ0v) is 19.1. The van der Waals surface area contributed by atoms with E-state index in [1.165, 1.54) is 0 Å². The summed E-state index contributed by atoms with van der Waals surface area (Å²) < 4.78 is 6.85. The van der Waals surface area contributed by atoms with Crippen LogP contribution in [0.1, 0.15) is 36.1 Å². The van der Waals surface area contributed by atoms with Crippen molar-refractivity contribution in [3.05, 3.63) is 96.1 Å². The van der Waals surface area contributed by atoms with Gasteiger partial charge in [-0.3, -0.25) is 0 Å². The smallest absolute Gasteiger partial charge is 0.348 e. The van der Waals surface area contributed by atoms with Crippen LogP contribution in [0.3, 0.4) is 0 Å². The maximum absolute atomic E-state index is 13.5. The van der Waals surface area contributed by atoms with Crippen molar-refractivity contribution in [2.45, 2.75) is 37.4 Å². The highest BCUT2D eigenvalue weighted by molar-refractivity contribution is 5.85.